The van der Waals surface area contributed by atoms with Crippen LogP contribution in [0, 0.1) is 0 Å². The monoisotopic (exact) mass is 419 g/mol. The molecule has 9 heteroatoms. The number of ether oxygens (including phenoxy) is 1. The molecule has 29 heavy (non-hydrogen) atoms. The predicted molar refractivity (Wildman–Crippen MR) is 101 cm³/mol. The third kappa shape index (κ3) is 3.97. The molecule has 2 heterocycles. The van der Waals surface area contributed by atoms with Crippen LogP contribution < -0.4 is 15.4 Å². The minimum absolute atomic E-state index is 0.134. The Balaban J connectivity index is 1.50. The number of pyridine rings is 1. The first kappa shape index (κ1) is 19.1. The molecule has 5 nitrogen and oxygen atoms in total. The summed E-state index contributed by atoms with van der Waals surface area (Å²) in [6, 6.07) is 14.6. The summed E-state index contributed by atoms with van der Waals surface area (Å²) in [5.41, 5.74) is 1.10. The van der Waals surface area contributed by atoms with E-state index in [-0.39, 0.29) is 16.8 Å². The van der Waals surface area contributed by atoms with E-state index in [9.17, 15) is 18.0 Å². The van der Waals surface area contributed by atoms with Crippen molar-refractivity contribution in [1.82, 2.24) is 10.3 Å². The van der Waals surface area contributed by atoms with Gasteiger partial charge in [0.15, 0.2) is 0 Å². The molecular weight excluding hydrogens is 407 g/mol. The number of carbonyl (C=O) groups excluding carboxylic acids is 1. The van der Waals surface area contributed by atoms with Crippen LogP contribution in [0.25, 0.3) is 0 Å². The van der Waals surface area contributed by atoms with Crippen molar-refractivity contribution in [3.8, 4) is 11.6 Å². The molecule has 1 aliphatic rings. The first-order chi connectivity index (χ1) is 13.8. The van der Waals surface area contributed by atoms with Gasteiger partial charge in [-0.15, -0.1) is 0 Å². The lowest BCUT2D eigenvalue weighted by Gasteiger charge is -2.28. The number of halogens is 4. The highest BCUT2D eigenvalue weighted by atomic mass is 35.5. The minimum Gasteiger partial charge on any atom is -0.438 e. The first-order valence-electron chi connectivity index (χ1n) is 8.48. The number of hydrogen-bond acceptors (Lipinski definition) is 4. The number of aromatic nitrogens is 1. The van der Waals surface area contributed by atoms with Crippen molar-refractivity contribution in [2.75, 3.05) is 5.32 Å². The van der Waals surface area contributed by atoms with E-state index in [2.05, 4.69) is 15.6 Å². The average Bonchev–Trinajstić information content (AvgIpc) is 2.69. The average molecular weight is 420 g/mol. The van der Waals surface area contributed by atoms with Crippen LogP contribution in [0.15, 0.2) is 60.8 Å². The summed E-state index contributed by atoms with van der Waals surface area (Å²) < 4.78 is 43.6. The van der Waals surface area contributed by atoms with Crippen LogP contribution in [0.3, 0.4) is 0 Å². The van der Waals surface area contributed by atoms with Gasteiger partial charge in [-0.3, -0.25) is 4.79 Å². The Morgan fingerprint density at radius 3 is 2.45 bits per heavy atom. The fourth-order valence-corrected chi connectivity index (χ4v) is 3.07. The molecule has 0 radical (unpaired) electrons. The maximum absolute atomic E-state index is 12.7. The Morgan fingerprint density at radius 2 is 1.76 bits per heavy atom. The van der Waals surface area contributed by atoms with Gasteiger partial charge in [0.2, 0.25) is 5.88 Å². The number of rotatable bonds is 3. The van der Waals surface area contributed by atoms with Gasteiger partial charge in [-0.1, -0.05) is 35.9 Å². The number of hydrogen-bond donors (Lipinski definition) is 2. The molecule has 0 saturated carbocycles. The lowest BCUT2D eigenvalue weighted by atomic mass is 10.1. The number of benzene rings is 2. The van der Waals surface area contributed by atoms with E-state index in [1.807, 2.05) is 12.1 Å². The highest BCUT2D eigenvalue weighted by Crippen LogP contribution is 2.35. The number of fused-ring (bicyclic) bond motifs is 1. The molecule has 2 N–H and O–H groups in total. The summed E-state index contributed by atoms with van der Waals surface area (Å²) in [6.07, 6.45) is -4.30. The van der Waals surface area contributed by atoms with Crippen LogP contribution in [0.2, 0.25) is 5.02 Å². The maximum Gasteiger partial charge on any atom is 0.417 e. The number of carbonyl (C=O) groups is 1. The molecule has 1 atom stereocenters. The van der Waals surface area contributed by atoms with Gasteiger partial charge in [-0.25, -0.2) is 4.98 Å². The van der Waals surface area contributed by atoms with Gasteiger partial charge < -0.3 is 15.4 Å². The van der Waals surface area contributed by atoms with Crippen molar-refractivity contribution in [1.29, 1.82) is 0 Å². The van der Waals surface area contributed by atoms with Crippen molar-refractivity contribution >= 4 is 23.2 Å². The molecule has 1 aromatic heterocycles. The van der Waals surface area contributed by atoms with Crippen LogP contribution >= 0.6 is 11.6 Å². The lowest BCUT2D eigenvalue weighted by Crippen LogP contribution is -2.38. The van der Waals surface area contributed by atoms with Crippen molar-refractivity contribution in [2.24, 2.45) is 0 Å². The van der Waals surface area contributed by atoms with Crippen molar-refractivity contribution in [2.45, 2.75) is 12.3 Å². The Labute approximate surface area is 168 Å². The third-order valence-corrected chi connectivity index (χ3v) is 4.58. The van der Waals surface area contributed by atoms with Crippen LogP contribution in [0.5, 0.6) is 11.6 Å². The molecule has 0 fully saturated rings. The summed E-state index contributed by atoms with van der Waals surface area (Å²) in [5.74, 6) is 0.0151. The lowest BCUT2D eigenvalue weighted by molar-refractivity contribution is -0.137. The van der Waals surface area contributed by atoms with Crippen LogP contribution in [0.4, 0.5) is 18.9 Å². The first-order valence-corrected chi connectivity index (χ1v) is 8.86. The Kier molecular flexibility index (Phi) is 4.79. The SMILES string of the molecule is O=C1N[C@@H](c2ccc(Oc3ncc(C(F)(F)F)cc3Cl)cc2)Nc2ccccc21. The number of para-hydroxylation sites is 1. The van der Waals surface area contributed by atoms with Gasteiger partial charge in [0.1, 0.15) is 16.9 Å². The smallest absolute Gasteiger partial charge is 0.417 e. The summed E-state index contributed by atoms with van der Waals surface area (Å²) in [7, 11) is 0. The molecule has 0 aliphatic carbocycles. The molecule has 0 spiro atoms. The highest BCUT2D eigenvalue weighted by Gasteiger charge is 2.32. The molecule has 3 aromatic rings. The summed E-state index contributed by atoms with van der Waals surface area (Å²) in [6.45, 7) is 0. The van der Waals surface area contributed by atoms with E-state index in [1.165, 1.54) is 0 Å². The second kappa shape index (κ2) is 7.29. The summed E-state index contributed by atoms with van der Waals surface area (Å²) in [5, 5.41) is 5.84. The van der Waals surface area contributed by atoms with E-state index in [0.29, 0.717) is 17.5 Å². The second-order valence-corrected chi connectivity index (χ2v) is 6.68. The maximum atomic E-state index is 12.7. The van der Waals surface area contributed by atoms with E-state index < -0.39 is 17.9 Å². The van der Waals surface area contributed by atoms with E-state index >= 15 is 0 Å². The van der Waals surface area contributed by atoms with Crippen molar-refractivity contribution in [3.05, 3.63) is 82.5 Å². The summed E-state index contributed by atoms with van der Waals surface area (Å²) in [4.78, 5) is 15.9. The molecular formula is C20H13ClF3N3O2. The van der Waals surface area contributed by atoms with Gasteiger partial charge in [0.25, 0.3) is 5.91 Å². The molecule has 1 aliphatic heterocycles. The van der Waals surface area contributed by atoms with E-state index in [0.717, 1.165) is 17.3 Å². The van der Waals surface area contributed by atoms with Crippen LogP contribution in [0.1, 0.15) is 27.7 Å². The van der Waals surface area contributed by atoms with E-state index in [1.54, 1.807) is 36.4 Å². The molecule has 148 valence electrons. The standard InChI is InChI=1S/C20H13ClF3N3O2/c21-15-9-12(20(22,23)24)10-25-19(15)29-13-7-5-11(6-8-13)17-26-16-4-2-1-3-14(16)18(28)27-17/h1-10,17,26H,(H,27,28)/t17-/m0/s1. The number of alkyl halides is 3. The number of anilines is 1. The quantitative estimate of drug-likeness (QED) is 0.596. The fourth-order valence-electron chi connectivity index (χ4n) is 2.87. The normalized spacial score (nSPS) is 15.9. The Hall–Kier alpha value is -3.26. The fraction of sp³-hybridized carbons (Fsp3) is 0.100. The van der Waals surface area contributed by atoms with Gasteiger partial charge >= 0.3 is 6.18 Å². The zero-order valence-corrected chi connectivity index (χ0v) is 15.4. The number of amides is 1. The number of nitrogens with zero attached hydrogens (tertiary/aromatic N) is 1. The van der Waals surface area contributed by atoms with Crippen LogP contribution in [-0.4, -0.2) is 10.9 Å². The van der Waals surface area contributed by atoms with Gasteiger partial charge in [-0.2, -0.15) is 13.2 Å². The third-order valence-electron chi connectivity index (χ3n) is 4.31. The van der Waals surface area contributed by atoms with Crippen molar-refractivity contribution in [3.63, 3.8) is 0 Å². The predicted octanol–water partition coefficient (Wildman–Crippen LogP) is 5.40. The van der Waals surface area contributed by atoms with Gasteiger partial charge in [0, 0.05) is 11.9 Å². The molecule has 0 bridgehead atoms. The molecule has 0 saturated heterocycles. The minimum atomic E-state index is -4.53. The largest absolute Gasteiger partial charge is 0.438 e. The molecule has 4 rings (SSSR count). The topological polar surface area (TPSA) is 63.2 Å². The second-order valence-electron chi connectivity index (χ2n) is 6.28. The van der Waals surface area contributed by atoms with E-state index in [4.69, 9.17) is 16.3 Å². The highest BCUT2D eigenvalue weighted by molar-refractivity contribution is 6.31. The summed E-state index contributed by atoms with van der Waals surface area (Å²) >= 11 is 5.86. The number of nitrogens with one attached hydrogen (secondary N) is 2. The van der Waals surface area contributed by atoms with Crippen molar-refractivity contribution < 1.29 is 22.7 Å². The Morgan fingerprint density at radius 1 is 1.03 bits per heavy atom. The van der Waals surface area contributed by atoms with Gasteiger partial charge in [-0.05, 0) is 35.9 Å². The van der Waals surface area contributed by atoms with Gasteiger partial charge in [0.05, 0.1) is 11.1 Å². The Bertz CT molecular complexity index is 1070. The molecule has 1 amide bonds. The molecule has 0 unspecified atom stereocenters. The molecule has 2 aromatic carbocycles. The van der Waals surface area contributed by atoms with Crippen LogP contribution in [-0.2, 0) is 6.18 Å². The zero-order valence-electron chi connectivity index (χ0n) is 14.6. The zero-order chi connectivity index (χ0) is 20.6.